The summed E-state index contributed by atoms with van der Waals surface area (Å²) in [6.45, 7) is 0.182. The molecule has 0 aliphatic heterocycles. The van der Waals surface area contributed by atoms with Crippen molar-refractivity contribution in [1.82, 2.24) is 0 Å². The van der Waals surface area contributed by atoms with Gasteiger partial charge in [-0.2, -0.15) is 0 Å². The van der Waals surface area contributed by atoms with Gasteiger partial charge in [-0.3, -0.25) is 0 Å². The van der Waals surface area contributed by atoms with E-state index in [0.29, 0.717) is 10.6 Å². The molecule has 0 bridgehead atoms. The average molecular weight is 238 g/mol. The molecule has 0 fully saturated rings. The maximum atomic E-state index is 13.1. The largest absolute Gasteiger partial charge is 0.326 e. The highest BCUT2D eigenvalue weighted by Gasteiger charge is 2.07. The highest BCUT2D eigenvalue weighted by Crippen LogP contribution is 2.27. The molecule has 0 amide bonds. The molecule has 0 aromatic heterocycles. The summed E-state index contributed by atoms with van der Waals surface area (Å²) in [5.41, 5.74) is 5.73. The van der Waals surface area contributed by atoms with Crippen molar-refractivity contribution in [2.24, 2.45) is 5.73 Å². The van der Waals surface area contributed by atoms with E-state index in [1.54, 1.807) is 12.1 Å². The van der Waals surface area contributed by atoms with Crippen LogP contribution >= 0.6 is 27.5 Å². The maximum absolute atomic E-state index is 13.1. The first kappa shape index (κ1) is 8.97. The van der Waals surface area contributed by atoms with Crippen molar-refractivity contribution in [2.45, 2.75) is 6.54 Å². The second-order valence-electron chi connectivity index (χ2n) is 2.04. The van der Waals surface area contributed by atoms with Gasteiger partial charge in [-0.05, 0) is 22.0 Å². The molecule has 0 atom stereocenters. The van der Waals surface area contributed by atoms with Gasteiger partial charge >= 0.3 is 0 Å². The lowest BCUT2D eigenvalue weighted by Gasteiger charge is -2.02. The molecule has 1 aromatic rings. The van der Waals surface area contributed by atoms with E-state index in [9.17, 15) is 4.39 Å². The lowest BCUT2D eigenvalue weighted by molar-refractivity contribution is 0.604. The van der Waals surface area contributed by atoms with Crippen molar-refractivity contribution in [3.8, 4) is 0 Å². The second kappa shape index (κ2) is 3.52. The van der Waals surface area contributed by atoms with Crippen LogP contribution in [0.2, 0.25) is 5.02 Å². The van der Waals surface area contributed by atoms with Crippen molar-refractivity contribution in [2.75, 3.05) is 0 Å². The third-order valence-electron chi connectivity index (χ3n) is 1.34. The van der Waals surface area contributed by atoms with Gasteiger partial charge in [-0.25, -0.2) is 4.39 Å². The van der Waals surface area contributed by atoms with E-state index in [1.165, 1.54) is 0 Å². The van der Waals surface area contributed by atoms with Gasteiger partial charge in [0.1, 0.15) is 5.82 Å². The van der Waals surface area contributed by atoms with Gasteiger partial charge < -0.3 is 5.73 Å². The molecule has 0 radical (unpaired) electrons. The Hall–Kier alpha value is -0.120. The van der Waals surface area contributed by atoms with E-state index in [2.05, 4.69) is 15.9 Å². The summed E-state index contributed by atoms with van der Waals surface area (Å²) in [6, 6.07) is 3.18. The molecule has 0 aliphatic carbocycles. The van der Waals surface area contributed by atoms with Crippen molar-refractivity contribution < 1.29 is 4.39 Å². The number of hydrogen-bond donors (Lipinski definition) is 1. The zero-order chi connectivity index (χ0) is 8.43. The van der Waals surface area contributed by atoms with Gasteiger partial charge in [0, 0.05) is 12.1 Å². The zero-order valence-corrected chi connectivity index (χ0v) is 7.91. The van der Waals surface area contributed by atoms with E-state index in [4.69, 9.17) is 17.3 Å². The summed E-state index contributed by atoms with van der Waals surface area (Å²) in [5, 5.41) is 0.361. The third kappa shape index (κ3) is 1.72. The number of hydrogen-bond acceptors (Lipinski definition) is 1. The Balaban J connectivity index is 3.25. The van der Waals surface area contributed by atoms with Crippen LogP contribution in [0.4, 0.5) is 4.39 Å². The minimum atomic E-state index is -0.375. The molecule has 1 nitrogen and oxygen atoms in total. The van der Waals surface area contributed by atoms with Crippen LogP contribution in [0.3, 0.4) is 0 Å². The van der Waals surface area contributed by atoms with Crippen LogP contribution in [0.25, 0.3) is 0 Å². The fourth-order valence-corrected chi connectivity index (χ4v) is 1.26. The van der Waals surface area contributed by atoms with Gasteiger partial charge in [0.2, 0.25) is 0 Å². The molecule has 0 saturated carbocycles. The van der Waals surface area contributed by atoms with Gasteiger partial charge in [0.05, 0.1) is 9.50 Å². The zero-order valence-electron chi connectivity index (χ0n) is 5.57. The standard InChI is InChI=1S/C7H6BrClFN/c8-6-5(9)2-1-4(3-11)7(6)10/h1-2H,3,11H2. The van der Waals surface area contributed by atoms with Crippen LogP contribution in [-0.4, -0.2) is 0 Å². The van der Waals surface area contributed by atoms with Gasteiger partial charge in [0.25, 0.3) is 0 Å². The first-order chi connectivity index (χ1) is 5.16. The Bertz CT molecular complexity index is 277. The molecule has 0 saturated heterocycles. The number of halogens is 3. The van der Waals surface area contributed by atoms with E-state index in [1.807, 2.05) is 0 Å². The summed E-state index contributed by atoms with van der Waals surface area (Å²) in [5.74, 6) is -0.375. The molecule has 0 spiro atoms. The number of rotatable bonds is 1. The lowest BCUT2D eigenvalue weighted by atomic mass is 10.2. The minimum Gasteiger partial charge on any atom is -0.326 e. The third-order valence-corrected chi connectivity index (χ3v) is 2.65. The first-order valence-electron chi connectivity index (χ1n) is 2.99. The van der Waals surface area contributed by atoms with Gasteiger partial charge in [0.15, 0.2) is 0 Å². The highest BCUT2D eigenvalue weighted by molar-refractivity contribution is 9.10. The second-order valence-corrected chi connectivity index (χ2v) is 3.24. The van der Waals surface area contributed by atoms with E-state index < -0.39 is 0 Å². The molecule has 1 rings (SSSR count). The Morgan fingerprint density at radius 1 is 1.55 bits per heavy atom. The molecule has 4 heteroatoms. The van der Waals surface area contributed by atoms with Gasteiger partial charge in [-0.15, -0.1) is 0 Å². The molecule has 0 unspecified atom stereocenters. The fourth-order valence-electron chi connectivity index (χ4n) is 0.724. The summed E-state index contributed by atoms with van der Waals surface area (Å²) in [4.78, 5) is 0. The van der Waals surface area contributed by atoms with E-state index >= 15 is 0 Å². The van der Waals surface area contributed by atoms with Crippen LogP contribution < -0.4 is 5.73 Å². The summed E-state index contributed by atoms with van der Waals surface area (Å²) < 4.78 is 13.3. The monoisotopic (exact) mass is 237 g/mol. The molecule has 0 aliphatic rings. The molecule has 1 aromatic carbocycles. The quantitative estimate of drug-likeness (QED) is 0.748. The Kier molecular flexibility index (Phi) is 2.87. The first-order valence-corrected chi connectivity index (χ1v) is 4.16. The SMILES string of the molecule is NCc1ccc(Cl)c(Br)c1F. The van der Waals surface area contributed by atoms with Crippen molar-refractivity contribution >= 4 is 27.5 Å². The molecule has 11 heavy (non-hydrogen) atoms. The molecular weight excluding hydrogens is 232 g/mol. The molecular formula is C7H6BrClFN. The maximum Gasteiger partial charge on any atom is 0.143 e. The Morgan fingerprint density at radius 3 is 2.73 bits per heavy atom. The fraction of sp³-hybridized carbons (Fsp3) is 0.143. The minimum absolute atomic E-state index is 0.182. The topological polar surface area (TPSA) is 26.0 Å². The smallest absolute Gasteiger partial charge is 0.143 e. The number of benzene rings is 1. The van der Waals surface area contributed by atoms with E-state index in [0.717, 1.165) is 0 Å². The van der Waals surface area contributed by atoms with E-state index in [-0.39, 0.29) is 16.8 Å². The summed E-state index contributed by atoms with van der Waals surface area (Å²) in [7, 11) is 0. The highest BCUT2D eigenvalue weighted by atomic mass is 79.9. The van der Waals surface area contributed by atoms with Gasteiger partial charge in [-0.1, -0.05) is 17.7 Å². The van der Waals surface area contributed by atoms with Crippen LogP contribution in [0.5, 0.6) is 0 Å². The molecule has 2 N–H and O–H groups in total. The van der Waals surface area contributed by atoms with Crippen LogP contribution in [0.15, 0.2) is 16.6 Å². The Morgan fingerprint density at radius 2 is 2.18 bits per heavy atom. The predicted octanol–water partition coefficient (Wildman–Crippen LogP) is 2.70. The van der Waals surface area contributed by atoms with Crippen molar-refractivity contribution in [1.29, 1.82) is 0 Å². The lowest BCUT2D eigenvalue weighted by Crippen LogP contribution is -2.00. The summed E-state index contributed by atoms with van der Waals surface area (Å²) >= 11 is 8.62. The molecule has 60 valence electrons. The van der Waals surface area contributed by atoms with Crippen molar-refractivity contribution in [3.63, 3.8) is 0 Å². The summed E-state index contributed by atoms with van der Waals surface area (Å²) in [6.07, 6.45) is 0. The van der Waals surface area contributed by atoms with Crippen LogP contribution in [-0.2, 0) is 6.54 Å². The predicted molar refractivity (Wildman–Crippen MR) is 47.0 cm³/mol. The average Bonchev–Trinajstić information content (AvgIpc) is 2.01. The Labute approximate surface area is 77.5 Å². The van der Waals surface area contributed by atoms with Crippen molar-refractivity contribution in [3.05, 3.63) is 33.0 Å². The van der Waals surface area contributed by atoms with Crippen LogP contribution in [0, 0.1) is 5.82 Å². The normalized spacial score (nSPS) is 10.2. The van der Waals surface area contributed by atoms with Crippen LogP contribution in [0.1, 0.15) is 5.56 Å². The molecule has 0 heterocycles. The number of nitrogens with two attached hydrogens (primary N) is 1.